The highest BCUT2D eigenvalue weighted by atomic mass is 16.3. The number of hydrogen-bond acceptors (Lipinski definition) is 3. The Kier molecular flexibility index (Phi) is 7.15. The highest BCUT2D eigenvalue weighted by Gasteiger charge is 2.11. The quantitative estimate of drug-likeness (QED) is 0.440. The van der Waals surface area contributed by atoms with E-state index in [2.05, 4.69) is 9.98 Å². The van der Waals surface area contributed by atoms with Crippen LogP contribution in [0, 0.1) is 13.8 Å². The van der Waals surface area contributed by atoms with Gasteiger partial charge in [0.15, 0.2) is 0 Å². The lowest BCUT2D eigenvalue weighted by Gasteiger charge is -2.06. The smallest absolute Gasteiger partial charge is 0.135 e. The lowest BCUT2D eigenvalue weighted by Crippen LogP contribution is -2.03. The van der Waals surface area contributed by atoms with Crippen LogP contribution in [0.5, 0.6) is 0 Å². The lowest BCUT2D eigenvalue weighted by atomic mass is 10.1. The summed E-state index contributed by atoms with van der Waals surface area (Å²) in [4.78, 5) is 8.38. The van der Waals surface area contributed by atoms with Gasteiger partial charge in [0.25, 0.3) is 0 Å². The first kappa shape index (κ1) is 21.0. The summed E-state index contributed by atoms with van der Waals surface area (Å²) in [5, 5.41) is 0. The number of hydrogen-bond donors (Lipinski definition) is 2. The number of nitrogens with two attached hydrogens (primary N) is 2. The molecule has 4 N–H and O–H groups in total. The Hall–Kier alpha value is -3.34. The molecule has 2 aromatic carbocycles. The largest absolute Gasteiger partial charge is 0.456 e. The summed E-state index contributed by atoms with van der Waals surface area (Å²) in [5.74, 6) is 2.18. The van der Waals surface area contributed by atoms with Gasteiger partial charge in [-0.25, -0.2) is 9.98 Å². The first-order valence-electron chi connectivity index (χ1n) is 9.35. The molecule has 0 aliphatic rings. The van der Waals surface area contributed by atoms with Crippen molar-refractivity contribution in [2.24, 2.45) is 21.5 Å². The molecule has 3 aromatic rings. The van der Waals surface area contributed by atoms with Gasteiger partial charge in [-0.15, -0.1) is 0 Å². The number of rotatable bonds is 4. The Morgan fingerprint density at radius 3 is 1.82 bits per heavy atom. The molecule has 28 heavy (non-hydrogen) atoms. The second-order valence-electron chi connectivity index (χ2n) is 6.19. The van der Waals surface area contributed by atoms with Crippen molar-refractivity contribution in [2.45, 2.75) is 34.6 Å². The second-order valence-corrected chi connectivity index (χ2v) is 6.19. The Bertz CT molecular complexity index is 996. The standard InChI is InChI=1S/C21H22N4O.C2H6/c1-13-10-16(24-12-22)4-6-18(13)20-8-9-21(26-20)19-7-5-17(11-14(19)2)25-15(3)23;1-2/h4-12H,1-3H3,(H2,22,24)(H2,23,25);1-2H3. The molecule has 0 radical (unpaired) electrons. The monoisotopic (exact) mass is 376 g/mol. The van der Waals surface area contributed by atoms with E-state index in [0.717, 1.165) is 45.1 Å². The van der Waals surface area contributed by atoms with Crippen molar-refractivity contribution < 1.29 is 4.42 Å². The molecule has 1 aromatic heterocycles. The van der Waals surface area contributed by atoms with Crippen LogP contribution in [0.2, 0.25) is 0 Å². The van der Waals surface area contributed by atoms with E-state index in [-0.39, 0.29) is 0 Å². The molecule has 0 saturated heterocycles. The summed E-state index contributed by atoms with van der Waals surface area (Å²) >= 11 is 0. The SMILES string of the molecule is CC.CC(N)=Nc1ccc(-c2ccc(-c3ccc(N=CN)cc3C)o2)c(C)c1. The molecular formula is C23H28N4O. The van der Waals surface area contributed by atoms with Gasteiger partial charge in [-0.1, -0.05) is 13.8 Å². The van der Waals surface area contributed by atoms with Crippen molar-refractivity contribution in [1.29, 1.82) is 0 Å². The lowest BCUT2D eigenvalue weighted by molar-refractivity contribution is 0.596. The van der Waals surface area contributed by atoms with E-state index >= 15 is 0 Å². The minimum Gasteiger partial charge on any atom is -0.456 e. The molecule has 0 aliphatic carbocycles. The fourth-order valence-corrected chi connectivity index (χ4v) is 2.92. The minimum absolute atomic E-state index is 0.537. The molecule has 3 rings (SSSR count). The zero-order valence-corrected chi connectivity index (χ0v) is 17.2. The van der Waals surface area contributed by atoms with Gasteiger partial charge in [-0.05, 0) is 80.4 Å². The molecule has 0 saturated carbocycles. The average Bonchev–Trinajstić information content (AvgIpc) is 3.13. The molecule has 0 amide bonds. The molecule has 0 aliphatic heterocycles. The fraction of sp³-hybridized carbons (Fsp3) is 0.217. The zero-order chi connectivity index (χ0) is 20.7. The molecule has 0 bridgehead atoms. The van der Waals surface area contributed by atoms with Crippen LogP contribution in [0.15, 0.2) is 62.9 Å². The third-order valence-electron chi connectivity index (χ3n) is 4.09. The highest BCUT2D eigenvalue weighted by Crippen LogP contribution is 2.34. The maximum atomic E-state index is 6.11. The summed E-state index contributed by atoms with van der Waals surface area (Å²) < 4.78 is 6.11. The number of amidine groups is 1. The van der Waals surface area contributed by atoms with E-state index in [4.69, 9.17) is 15.9 Å². The number of nitrogens with zero attached hydrogens (tertiary/aromatic N) is 2. The molecular weight excluding hydrogens is 348 g/mol. The van der Waals surface area contributed by atoms with Gasteiger partial charge in [-0.2, -0.15) is 0 Å². The van der Waals surface area contributed by atoms with Gasteiger partial charge >= 0.3 is 0 Å². The van der Waals surface area contributed by atoms with Gasteiger partial charge in [0, 0.05) is 11.1 Å². The second kappa shape index (κ2) is 9.55. The summed E-state index contributed by atoms with van der Waals surface area (Å²) in [5.41, 5.74) is 16.9. The number of benzene rings is 2. The van der Waals surface area contributed by atoms with Crippen LogP contribution in [0.3, 0.4) is 0 Å². The molecule has 0 unspecified atom stereocenters. The molecule has 0 fully saturated rings. The van der Waals surface area contributed by atoms with Crippen LogP contribution in [0.25, 0.3) is 22.6 Å². The van der Waals surface area contributed by atoms with Crippen molar-refractivity contribution in [1.82, 2.24) is 0 Å². The maximum Gasteiger partial charge on any atom is 0.135 e. The predicted molar refractivity (Wildman–Crippen MR) is 120 cm³/mol. The molecule has 146 valence electrons. The molecule has 0 atom stereocenters. The highest BCUT2D eigenvalue weighted by molar-refractivity contribution is 5.81. The van der Waals surface area contributed by atoms with Gasteiger partial charge < -0.3 is 15.9 Å². The Labute approximate surface area is 166 Å². The van der Waals surface area contributed by atoms with Gasteiger partial charge in [-0.3, -0.25) is 0 Å². The Balaban J connectivity index is 0.00000136. The van der Waals surface area contributed by atoms with Crippen LogP contribution < -0.4 is 11.5 Å². The van der Waals surface area contributed by atoms with Crippen molar-refractivity contribution in [2.75, 3.05) is 0 Å². The molecule has 5 heteroatoms. The van der Waals surface area contributed by atoms with E-state index in [0.29, 0.717) is 5.84 Å². The average molecular weight is 377 g/mol. The number of aliphatic imine (C=N–C) groups is 2. The summed E-state index contributed by atoms with van der Waals surface area (Å²) in [6, 6.07) is 15.8. The first-order valence-corrected chi connectivity index (χ1v) is 9.35. The van der Waals surface area contributed by atoms with E-state index < -0.39 is 0 Å². The third-order valence-corrected chi connectivity index (χ3v) is 4.09. The van der Waals surface area contributed by atoms with Crippen LogP contribution in [-0.2, 0) is 0 Å². The van der Waals surface area contributed by atoms with E-state index in [1.807, 2.05) is 76.2 Å². The summed E-state index contributed by atoms with van der Waals surface area (Å²) in [6.45, 7) is 9.84. The zero-order valence-electron chi connectivity index (χ0n) is 17.2. The van der Waals surface area contributed by atoms with Crippen LogP contribution in [0.4, 0.5) is 11.4 Å². The van der Waals surface area contributed by atoms with Crippen LogP contribution in [0.1, 0.15) is 31.9 Å². The van der Waals surface area contributed by atoms with E-state index in [1.165, 1.54) is 6.34 Å². The van der Waals surface area contributed by atoms with Gasteiger partial charge in [0.2, 0.25) is 0 Å². The normalized spacial score (nSPS) is 11.4. The molecule has 1 heterocycles. The van der Waals surface area contributed by atoms with Gasteiger partial charge in [0.05, 0.1) is 23.5 Å². The molecule has 5 nitrogen and oxygen atoms in total. The Morgan fingerprint density at radius 2 is 1.36 bits per heavy atom. The van der Waals surface area contributed by atoms with Crippen molar-refractivity contribution in [3.8, 4) is 22.6 Å². The van der Waals surface area contributed by atoms with Crippen LogP contribution >= 0.6 is 0 Å². The van der Waals surface area contributed by atoms with Crippen LogP contribution in [-0.4, -0.2) is 12.2 Å². The summed E-state index contributed by atoms with van der Waals surface area (Å²) in [6.07, 6.45) is 1.29. The topological polar surface area (TPSA) is 89.9 Å². The van der Waals surface area contributed by atoms with E-state index in [9.17, 15) is 0 Å². The predicted octanol–water partition coefficient (Wildman–Crippen LogP) is 5.88. The minimum atomic E-state index is 0.537. The number of furan rings is 1. The first-order chi connectivity index (χ1) is 13.5. The summed E-state index contributed by atoms with van der Waals surface area (Å²) in [7, 11) is 0. The van der Waals surface area contributed by atoms with Gasteiger partial charge in [0.1, 0.15) is 11.5 Å². The maximum absolute atomic E-state index is 6.11. The van der Waals surface area contributed by atoms with Crippen molar-refractivity contribution >= 4 is 23.5 Å². The molecule has 0 spiro atoms. The van der Waals surface area contributed by atoms with Crippen molar-refractivity contribution in [3.05, 3.63) is 59.7 Å². The van der Waals surface area contributed by atoms with Crippen molar-refractivity contribution in [3.63, 3.8) is 0 Å². The number of aryl methyl sites for hydroxylation is 2. The Morgan fingerprint density at radius 1 is 0.857 bits per heavy atom. The fourth-order valence-electron chi connectivity index (χ4n) is 2.92. The van der Waals surface area contributed by atoms with E-state index in [1.54, 1.807) is 6.92 Å². The third kappa shape index (κ3) is 4.88.